The maximum absolute atomic E-state index is 10.3. The number of aliphatic hydroxyl groups excluding tert-OH is 1. The summed E-state index contributed by atoms with van der Waals surface area (Å²) in [6.45, 7) is 11.1. The zero-order chi connectivity index (χ0) is 15.5. The van der Waals surface area contributed by atoms with Crippen molar-refractivity contribution >= 4 is 0 Å². The number of aliphatic hydroxyl groups is 1. The van der Waals surface area contributed by atoms with E-state index in [0.29, 0.717) is 6.61 Å². The Morgan fingerprint density at radius 3 is 2.76 bits per heavy atom. The zero-order valence-corrected chi connectivity index (χ0v) is 13.9. The van der Waals surface area contributed by atoms with Crippen molar-refractivity contribution in [2.24, 2.45) is 0 Å². The molecule has 0 spiro atoms. The zero-order valence-electron chi connectivity index (χ0n) is 13.9. The molecule has 2 aliphatic rings. The van der Waals surface area contributed by atoms with E-state index in [2.05, 4.69) is 42.6 Å². The smallest absolute Gasteiger partial charge is 0.171 e. The van der Waals surface area contributed by atoms with Crippen molar-refractivity contribution in [1.82, 2.24) is 14.7 Å². The van der Waals surface area contributed by atoms with Crippen molar-refractivity contribution in [3.8, 4) is 0 Å². The summed E-state index contributed by atoms with van der Waals surface area (Å²) < 4.78 is 11.4. The van der Waals surface area contributed by atoms with Crippen LogP contribution in [0.15, 0.2) is 0 Å². The first kappa shape index (κ1) is 17.1. The number of nitrogens with zero attached hydrogens (tertiary/aromatic N) is 3. The second-order valence-electron chi connectivity index (χ2n) is 6.96. The third-order valence-corrected chi connectivity index (χ3v) is 4.43. The van der Waals surface area contributed by atoms with Gasteiger partial charge in [-0.05, 0) is 27.9 Å². The third kappa shape index (κ3) is 5.16. The fourth-order valence-corrected chi connectivity index (χ4v) is 3.07. The van der Waals surface area contributed by atoms with Crippen LogP contribution in [0.2, 0.25) is 0 Å². The molecule has 0 radical (unpaired) electrons. The maximum atomic E-state index is 10.3. The van der Waals surface area contributed by atoms with E-state index in [1.165, 1.54) is 0 Å². The molecule has 124 valence electrons. The highest BCUT2D eigenvalue weighted by Crippen LogP contribution is 2.16. The van der Waals surface area contributed by atoms with E-state index in [4.69, 9.17) is 9.47 Å². The van der Waals surface area contributed by atoms with Crippen molar-refractivity contribution < 1.29 is 14.6 Å². The van der Waals surface area contributed by atoms with E-state index >= 15 is 0 Å². The van der Waals surface area contributed by atoms with Crippen LogP contribution >= 0.6 is 0 Å². The van der Waals surface area contributed by atoms with Gasteiger partial charge in [0.2, 0.25) is 0 Å². The van der Waals surface area contributed by atoms with Crippen LogP contribution < -0.4 is 0 Å². The van der Waals surface area contributed by atoms with Crippen molar-refractivity contribution in [1.29, 1.82) is 0 Å². The number of morpholine rings is 1. The minimum absolute atomic E-state index is 0.0601. The van der Waals surface area contributed by atoms with Crippen LogP contribution in [0.25, 0.3) is 0 Å². The monoisotopic (exact) mass is 301 g/mol. The van der Waals surface area contributed by atoms with Gasteiger partial charge in [-0.15, -0.1) is 0 Å². The van der Waals surface area contributed by atoms with E-state index in [9.17, 15) is 5.11 Å². The number of hydrogen-bond donors (Lipinski definition) is 1. The van der Waals surface area contributed by atoms with Gasteiger partial charge in [-0.2, -0.15) is 0 Å². The number of rotatable bonds is 5. The Bertz CT molecular complexity index is 327. The predicted molar refractivity (Wildman–Crippen MR) is 82.3 cm³/mol. The molecule has 2 heterocycles. The molecular formula is C15H31N3O3. The molecule has 2 rings (SSSR count). The van der Waals surface area contributed by atoms with E-state index in [0.717, 1.165) is 45.9 Å². The van der Waals surface area contributed by atoms with Crippen molar-refractivity contribution in [3.05, 3.63) is 0 Å². The van der Waals surface area contributed by atoms with Gasteiger partial charge in [-0.1, -0.05) is 0 Å². The van der Waals surface area contributed by atoms with E-state index in [-0.39, 0.29) is 11.6 Å². The normalized spacial score (nSPS) is 30.4. The van der Waals surface area contributed by atoms with E-state index in [1.54, 1.807) is 0 Å². The standard InChI is InChI=1S/C15H31N3O3/c1-15(2)12-18(8-10-21-15)7-9-20-14(19)13-11-16(3)5-6-17(13)4/h13-14,19H,5-12H2,1-4H3. The first-order valence-corrected chi connectivity index (χ1v) is 7.92. The highest BCUT2D eigenvalue weighted by atomic mass is 16.6. The van der Waals surface area contributed by atoms with Crippen LogP contribution in [0.1, 0.15) is 13.8 Å². The molecule has 2 aliphatic heterocycles. The van der Waals surface area contributed by atoms with Crippen LogP contribution in [0, 0.1) is 0 Å². The highest BCUT2D eigenvalue weighted by Gasteiger charge is 2.30. The number of hydrogen-bond acceptors (Lipinski definition) is 6. The Labute approximate surface area is 128 Å². The maximum Gasteiger partial charge on any atom is 0.171 e. The van der Waals surface area contributed by atoms with Gasteiger partial charge in [0.1, 0.15) is 0 Å². The molecule has 21 heavy (non-hydrogen) atoms. The van der Waals surface area contributed by atoms with Crippen LogP contribution in [0.4, 0.5) is 0 Å². The Kier molecular flexibility index (Phi) is 5.99. The Hall–Kier alpha value is -0.240. The molecule has 0 aromatic carbocycles. The van der Waals surface area contributed by atoms with Gasteiger partial charge in [0, 0.05) is 39.3 Å². The van der Waals surface area contributed by atoms with Gasteiger partial charge in [0.25, 0.3) is 0 Å². The minimum atomic E-state index is -0.716. The van der Waals surface area contributed by atoms with Crippen molar-refractivity contribution in [3.63, 3.8) is 0 Å². The number of ether oxygens (including phenoxy) is 2. The lowest BCUT2D eigenvalue weighted by Crippen LogP contribution is -2.56. The summed E-state index contributed by atoms with van der Waals surface area (Å²) in [7, 11) is 4.14. The lowest BCUT2D eigenvalue weighted by atomic mass is 10.1. The summed E-state index contributed by atoms with van der Waals surface area (Å²) in [5.74, 6) is 0. The molecule has 0 aromatic heterocycles. The highest BCUT2D eigenvalue weighted by molar-refractivity contribution is 4.81. The minimum Gasteiger partial charge on any atom is -0.373 e. The van der Waals surface area contributed by atoms with Crippen LogP contribution in [-0.2, 0) is 9.47 Å². The van der Waals surface area contributed by atoms with Gasteiger partial charge in [-0.3, -0.25) is 9.80 Å². The molecule has 0 bridgehead atoms. The molecular weight excluding hydrogens is 270 g/mol. The van der Waals surface area contributed by atoms with Gasteiger partial charge in [-0.25, -0.2) is 0 Å². The fraction of sp³-hybridized carbons (Fsp3) is 1.00. The summed E-state index contributed by atoms with van der Waals surface area (Å²) in [5.41, 5.74) is -0.0802. The molecule has 6 heteroatoms. The molecule has 2 fully saturated rings. The van der Waals surface area contributed by atoms with E-state index < -0.39 is 6.29 Å². The third-order valence-electron chi connectivity index (χ3n) is 4.43. The molecule has 6 nitrogen and oxygen atoms in total. The Morgan fingerprint density at radius 2 is 2.05 bits per heavy atom. The van der Waals surface area contributed by atoms with Crippen LogP contribution in [0.3, 0.4) is 0 Å². The molecule has 1 N–H and O–H groups in total. The lowest BCUT2D eigenvalue weighted by Gasteiger charge is -2.40. The summed E-state index contributed by atoms with van der Waals surface area (Å²) in [6.07, 6.45) is -0.716. The summed E-state index contributed by atoms with van der Waals surface area (Å²) in [5, 5.41) is 10.3. The summed E-state index contributed by atoms with van der Waals surface area (Å²) >= 11 is 0. The van der Waals surface area contributed by atoms with Crippen molar-refractivity contribution in [2.45, 2.75) is 31.8 Å². The molecule has 2 unspecified atom stereocenters. The summed E-state index contributed by atoms with van der Waals surface area (Å²) in [4.78, 5) is 6.76. The van der Waals surface area contributed by atoms with Gasteiger partial charge in [0.05, 0.1) is 24.9 Å². The number of piperazine rings is 1. The van der Waals surface area contributed by atoms with Gasteiger partial charge >= 0.3 is 0 Å². The molecule has 0 aromatic rings. The molecule has 0 aliphatic carbocycles. The first-order chi connectivity index (χ1) is 9.87. The molecule has 2 saturated heterocycles. The SMILES string of the molecule is CN1CCN(C)C(C(O)OCCN2CCOC(C)(C)C2)C1. The van der Waals surface area contributed by atoms with E-state index in [1.807, 2.05) is 0 Å². The summed E-state index contributed by atoms with van der Waals surface area (Å²) in [6, 6.07) is 0.0601. The van der Waals surface area contributed by atoms with Crippen LogP contribution in [0.5, 0.6) is 0 Å². The average Bonchev–Trinajstić information content (AvgIpc) is 2.40. The largest absolute Gasteiger partial charge is 0.373 e. The first-order valence-electron chi connectivity index (χ1n) is 7.92. The fourth-order valence-electron chi connectivity index (χ4n) is 3.07. The predicted octanol–water partition coefficient (Wildman–Crippen LogP) is -0.322. The van der Waals surface area contributed by atoms with Crippen molar-refractivity contribution in [2.75, 3.05) is 66.6 Å². The lowest BCUT2D eigenvalue weighted by molar-refractivity contribution is -0.159. The second kappa shape index (κ2) is 7.35. The average molecular weight is 301 g/mol. The second-order valence-corrected chi connectivity index (χ2v) is 6.96. The quantitative estimate of drug-likeness (QED) is 0.702. The van der Waals surface area contributed by atoms with Crippen LogP contribution in [-0.4, -0.2) is 104 Å². The molecule has 2 atom stereocenters. The molecule has 0 amide bonds. The molecule has 0 saturated carbocycles. The Balaban J connectivity index is 1.70. The number of likely N-dealkylation sites (N-methyl/N-ethyl adjacent to an activating group) is 2. The Morgan fingerprint density at radius 1 is 1.29 bits per heavy atom. The van der Waals surface area contributed by atoms with Gasteiger partial charge < -0.3 is 19.5 Å². The topological polar surface area (TPSA) is 48.4 Å². The van der Waals surface area contributed by atoms with Gasteiger partial charge in [0.15, 0.2) is 6.29 Å².